The van der Waals surface area contributed by atoms with Gasteiger partial charge in [0.1, 0.15) is 6.61 Å². The minimum absolute atomic E-state index is 0.453. The maximum atomic E-state index is 5.73. The molecule has 0 aliphatic heterocycles. The van der Waals surface area contributed by atoms with Crippen molar-refractivity contribution in [3.63, 3.8) is 0 Å². The number of hydrogen-bond donors (Lipinski definition) is 0. The Bertz CT molecular complexity index is 348. The lowest BCUT2D eigenvalue weighted by molar-refractivity contribution is 0.00872. The van der Waals surface area contributed by atoms with Crippen LogP contribution >= 0.6 is 11.6 Å². The van der Waals surface area contributed by atoms with E-state index in [1.807, 2.05) is 0 Å². The topological polar surface area (TPSA) is 49.8 Å². The van der Waals surface area contributed by atoms with Gasteiger partial charge in [0, 0.05) is 18.9 Å². The third-order valence-electron chi connectivity index (χ3n) is 2.56. The number of hydrogen-bond acceptors (Lipinski definition) is 5. The van der Waals surface area contributed by atoms with Crippen molar-refractivity contribution in [2.75, 3.05) is 46.2 Å². The summed E-state index contributed by atoms with van der Waals surface area (Å²) in [4.78, 5) is 4.02. The van der Waals surface area contributed by atoms with Crippen molar-refractivity contribution in [3.8, 4) is 5.88 Å². The fraction of sp³-hybridized carbons (Fsp3) is 0.667. The molecule has 5 nitrogen and oxygen atoms in total. The zero-order valence-electron chi connectivity index (χ0n) is 12.6. The van der Waals surface area contributed by atoms with Crippen LogP contribution in [0, 0.1) is 0 Å². The fourth-order valence-corrected chi connectivity index (χ4v) is 1.55. The smallest absolute Gasteiger partial charge is 0.213 e. The molecule has 0 fully saturated rings. The maximum Gasteiger partial charge on any atom is 0.213 e. The molecule has 0 unspecified atom stereocenters. The zero-order chi connectivity index (χ0) is 15.2. The second kappa shape index (κ2) is 12.8. The van der Waals surface area contributed by atoms with E-state index < -0.39 is 0 Å². The van der Waals surface area contributed by atoms with E-state index in [1.54, 1.807) is 18.3 Å². The number of unbranched alkanes of at least 4 members (excludes halogenated alkanes) is 1. The first-order valence-electron chi connectivity index (χ1n) is 7.30. The maximum absolute atomic E-state index is 5.73. The molecule has 1 aromatic rings. The molecule has 0 saturated heterocycles. The van der Waals surface area contributed by atoms with Crippen LogP contribution in [-0.2, 0) is 14.2 Å². The van der Waals surface area contributed by atoms with Crippen molar-refractivity contribution >= 4 is 11.6 Å². The molecule has 0 atom stereocenters. The molecule has 0 aliphatic carbocycles. The highest BCUT2D eigenvalue weighted by Gasteiger charge is 1.96. The van der Waals surface area contributed by atoms with Gasteiger partial charge in [-0.2, -0.15) is 0 Å². The van der Waals surface area contributed by atoms with E-state index in [0.717, 1.165) is 19.4 Å². The van der Waals surface area contributed by atoms with Crippen LogP contribution in [0.1, 0.15) is 19.8 Å². The number of halogens is 1. The van der Waals surface area contributed by atoms with Gasteiger partial charge in [0.25, 0.3) is 0 Å². The lowest BCUT2D eigenvalue weighted by Crippen LogP contribution is -2.13. The first kappa shape index (κ1) is 18.2. The summed E-state index contributed by atoms with van der Waals surface area (Å²) < 4.78 is 21.5. The van der Waals surface area contributed by atoms with Crippen LogP contribution in [0.3, 0.4) is 0 Å². The van der Waals surface area contributed by atoms with Gasteiger partial charge >= 0.3 is 0 Å². The van der Waals surface area contributed by atoms with Crippen LogP contribution in [0.25, 0.3) is 0 Å². The van der Waals surface area contributed by atoms with Gasteiger partial charge in [-0.05, 0) is 12.5 Å². The molecule has 1 rings (SSSR count). The summed E-state index contributed by atoms with van der Waals surface area (Å²) in [5.74, 6) is 0.545. The molecule has 1 heterocycles. The summed E-state index contributed by atoms with van der Waals surface area (Å²) >= 11 is 5.73. The third-order valence-corrected chi connectivity index (χ3v) is 2.79. The van der Waals surface area contributed by atoms with Gasteiger partial charge in [0.2, 0.25) is 5.88 Å². The van der Waals surface area contributed by atoms with E-state index in [-0.39, 0.29) is 0 Å². The van der Waals surface area contributed by atoms with Crippen LogP contribution in [0.4, 0.5) is 0 Å². The monoisotopic (exact) mass is 317 g/mol. The Morgan fingerprint density at radius 1 is 0.905 bits per heavy atom. The van der Waals surface area contributed by atoms with E-state index >= 15 is 0 Å². The molecule has 1 aromatic heterocycles. The highest BCUT2D eigenvalue weighted by atomic mass is 35.5. The lowest BCUT2D eigenvalue weighted by Gasteiger charge is -2.07. The Balaban J connectivity index is 1.81. The minimum atomic E-state index is 0.453. The van der Waals surface area contributed by atoms with Crippen molar-refractivity contribution in [1.82, 2.24) is 4.98 Å². The molecule has 0 N–H and O–H groups in total. The predicted octanol–water partition coefficient (Wildman–Crippen LogP) is 2.96. The highest BCUT2D eigenvalue weighted by Crippen LogP contribution is 2.10. The number of ether oxygens (including phenoxy) is 4. The molecule has 0 aliphatic rings. The molecular weight excluding hydrogens is 294 g/mol. The highest BCUT2D eigenvalue weighted by molar-refractivity contribution is 6.30. The summed E-state index contributed by atoms with van der Waals surface area (Å²) in [6.07, 6.45) is 3.81. The Morgan fingerprint density at radius 3 is 2.10 bits per heavy atom. The summed E-state index contributed by atoms with van der Waals surface area (Å²) in [5.41, 5.74) is 0. The third kappa shape index (κ3) is 10.5. The van der Waals surface area contributed by atoms with E-state index in [4.69, 9.17) is 30.5 Å². The van der Waals surface area contributed by atoms with Crippen molar-refractivity contribution in [1.29, 1.82) is 0 Å². The Hall–Kier alpha value is -0.880. The van der Waals surface area contributed by atoms with Crippen LogP contribution in [0.15, 0.2) is 18.3 Å². The van der Waals surface area contributed by atoms with Gasteiger partial charge in [-0.1, -0.05) is 24.9 Å². The predicted molar refractivity (Wildman–Crippen MR) is 82.1 cm³/mol. The van der Waals surface area contributed by atoms with Gasteiger partial charge in [-0.25, -0.2) is 4.98 Å². The summed E-state index contributed by atoms with van der Waals surface area (Å²) in [6, 6.07) is 3.46. The lowest BCUT2D eigenvalue weighted by atomic mass is 10.4. The fourth-order valence-electron chi connectivity index (χ4n) is 1.44. The summed E-state index contributed by atoms with van der Waals surface area (Å²) in [5, 5.41) is 0.592. The number of rotatable bonds is 13. The first-order chi connectivity index (χ1) is 10.3. The number of pyridine rings is 1. The zero-order valence-corrected chi connectivity index (χ0v) is 13.3. The first-order valence-corrected chi connectivity index (χ1v) is 7.68. The molecule has 0 radical (unpaired) electrons. The largest absolute Gasteiger partial charge is 0.475 e. The van der Waals surface area contributed by atoms with Crippen molar-refractivity contribution in [2.24, 2.45) is 0 Å². The van der Waals surface area contributed by atoms with Gasteiger partial charge < -0.3 is 18.9 Å². The number of nitrogens with zero attached hydrogens (tertiary/aromatic N) is 1. The second-order valence-electron chi connectivity index (χ2n) is 4.35. The molecular formula is C15H24ClNO4. The molecule has 120 valence electrons. The Morgan fingerprint density at radius 2 is 1.52 bits per heavy atom. The molecule has 21 heavy (non-hydrogen) atoms. The van der Waals surface area contributed by atoms with Crippen molar-refractivity contribution in [3.05, 3.63) is 23.4 Å². The van der Waals surface area contributed by atoms with Crippen molar-refractivity contribution < 1.29 is 18.9 Å². The van der Waals surface area contributed by atoms with E-state index in [9.17, 15) is 0 Å². The van der Waals surface area contributed by atoms with Gasteiger partial charge in [0.05, 0.1) is 38.1 Å². The second-order valence-corrected chi connectivity index (χ2v) is 4.79. The molecule has 0 amide bonds. The average molecular weight is 318 g/mol. The summed E-state index contributed by atoms with van der Waals surface area (Å²) in [6.45, 7) is 6.28. The van der Waals surface area contributed by atoms with Crippen LogP contribution in [-0.4, -0.2) is 51.2 Å². The molecule has 6 heteroatoms. The van der Waals surface area contributed by atoms with Crippen LogP contribution < -0.4 is 4.74 Å². The van der Waals surface area contributed by atoms with E-state index in [1.165, 1.54) is 0 Å². The summed E-state index contributed by atoms with van der Waals surface area (Å²) in [7, 11) is 0. The van der Waals surface area contributed by atoms with Crippen molar-refractivity contribution in [2.45, 2.75) is 19.8 Å². The van der Waals surface area contributed by atoms with E-state index in [0.29, 0.717) is 50.5 Å². The SMILES string of the molecule is CCCCOCCOCCOCCOc1ccc(Cl)cn1. The van der Waals surface area contributed by atoms with Crippen LogP contribution in [0.5, 0.6) is 5.88 Å². The quantitative estimate of drug-likeness (QED) is 0.523. The van der Waals surface area contributed by atoms with Crippen LogP contribution in [0.2, 0.25) is 5.02 Å². The van der Waals surface area contributed by atoms with E-state index in [2.05, 4.69) is 11.9 Å². The van der Waals surface area contributed by atoms with Gasteiger partial charge in [0.15, 0.2) is 0 Å². The standard InChI is InChI=1S/C15H24ClNO4/c1-2-3-6-18-7-8-19-9-10-20-11-12-21-15-5-4-14(16)13-17-15/h4-5,13H,2-3,6-12H2,1H3. The molecule has 0 spiro atoms. The Kier molecular flexibility index (Phi) is 11.1. The molecule has 0 saturated carbocycles. The Labute approximate surface area is 131 Å². The molecule has 0 aromatic carbocycles. The van der Waals surface area contributed by atoms with Gasteiger partial charge in [-0.3, -0.25) is 0 Å². The molecule has 0 bridgehead atoms. The normalized spacial score (nSPS) is 10.8. The average Bonchev–Trinajstić information content (AvgIpc) is 2.50. The minimum Gasteiger partial charge on any atom is -0.475 e. The number of aromatic nitrogens is 1. The van der Waals surface area contributed by atoms with Gasteiger partial charge in [-0.15, -0.1) is 0 Å².